The molecule has 0 saturated carbocycles. The normalized spacial score (nSPS) is 10.6. The molecule has 0 N–H and O–H groups in total. The molecule has 17 heavy (non-hydrogen) atoms. The van der Waals surface area contributed by atoms with E-state index < -0.39 is 0 Å². The molecule has 0 saturated heterocycles. The summed E-state index contributed by atoms with van der Waals surface area (Å²) >= 11 is 1.74. The summed E-state index contributed by atoms with van der Waals surface area (Å²) < 4.78 is 5.12. The Morgan fingerprint density at radius 2 is 2.24 bits per heavy atom. The van der Waals surface area contributed by atoms with Gasteiger partial charge in [0, 0.05) is 18.4 Å². The molecule has 5 heteroatoms. The molecule has 0 aliphatic heterocycles. The molecule has 0 fully saturated rings. The van der Waals surface area contributed by atoms with E-state index in [2.05, 4.69) is 22.0 Å². The van der Waals surface area contributed by atoms with Crippen molar-refractivity contribution in [2.45, 2.75) is 31.3 Å². The van der Waals surface area contributed by atoms with Gasteiger partial charge in [-0.1, -0.05) is 18.1 Å². The zero-order chi connectivity index (χ0) is 11.9. The van der Waals surface area contributed by atoms with Crippen LogP contribution in [0.25, 0.3) is 0 Å². The Balaban J connectivity index is 1.78. The number of hydrogen-bond donors (Lipinski definition) is 0. The van der Waals surface area contributed by atoms with E-state index in [0.717, 1.165) is 41.8 Å². The first-order chi connectivity index (χ1) is 8.38. The van der Waals surface area contributed by atoms with Gasteiger partial charge in [0.1, 0.15) is 0 Å². The maximum Gasteiger partial charge on any atom is 0.226 e. The molecule has 2 aromatic heterocycles. The lowest BCUT2D eigenvalue weighted by Crippen LogP contribution is -1.89. The lowest BCUT2D eigenvalue weighted by molar-refractivity contribution is 0.373. The average molecular weight is 249 g/mol. The molecule has 0 amide bonds. The van der Waals surface area contributed by atoms with Crippen molar-refractivity contribution in [1.82, 2.24) is 15.1 Å². The first-order valence-electron chi connectivity index (χ1n) is 5.67. The Labute approximate surface area is 105 Å². The van der Waals surface area contributed by atoms with Crippen LogP contribution < -0.4 is 0 Å². The highest BCUT2D eigenvalue weighted by atomic mass is 32.2. The van der Waals surface area contributed by atoms with Crippen LogP contribution in [0.3, 0.4) is 0 Å². The molecule has 0 aromatic carbocycles. The third kappa shape index (κ3) is 3.85. The third-order valence-electron chi connectivity index (χ3n) is 2.18. The van der Waals surface area contributed by atoms with Gasteiger partial charge in [0.25, 0.3) is 0 Å². The highest BCUT2D eigenvalue weighted by molar-refractivity contribution is 7.97. The molecule has 90 valence electrons. The lowest BCUT2D eigenvalue weighted by Gasteiger charge is -1.97. The van der Waals surface area contributed by atoms with E-state index in [1.165, 1.54) is 0 Å². The molecule has 2 aromatic rings. The van der Waals surface area contributed by atoms with E-state index in [0.29, 0.717) is 0 Å². The Bertz CT molecular complexity index is 444. The second-order valence-electron chi connectivity index (χ2n) is 3.67. The summed E-state index contributed by atoms with van der Waals surface area (Å²) in [5.74, 6) is 3.15. The number of pyridine rings is 1. The van der Waals surface area contributed by atoms with Gasteiger partial charge in [-0.25, -0.2) is 0 Å². The highest BCUT2D eigenvalue weighted by Gasteiger charge is 2.05. The Morgan fingerprint density at radius 1 is 1.29 bits per heavy atom. The van der Waals surface area contributed by atoms with Crippen LogP contribution in [0, 0.1) is 0 Å². The number of thioether (sulfide) groups is 1. The fraction of sp³-hybridized carbons (Fsp3) is 0.417. The Hall–Kier alpha value is -1.36. The van der Waals surface area contributed by atoms with E-state index in [1.807, 2.05) is 24.4 Å². The van der Waals surface area contributed by atoms with Gasteiger partial charge in [-0.3, -0.25) is 4.98 Å². The summed E-state index contributed by atoms with van der Waals surface area (Å²) in [7, 11) is 0. The summed E-state index contributed by atoms with van der Waals surface area (Å²) in [6.45, 7) is 2.10. The minimum atomic E-state index is 0.737. The van der Waals surface area contributed by atoms with E-state index in [-0.39, 0.29) is 0 Å². The Kier molecular flexibility index (Phi) is 4.55. The largest absolute Gasteiger partial charge is 0.339 e. The smallest absolute Gasteiger partial charge is 0.226 e. The minimum Gasteiger partial charge on any atom is -0.339 e. The minimum absolute atomic E-state index is 0.737. The van der Waals surface area contributed by atoms with Crippen molar-refractivity contribution in [1.29, 1.82) is 0 Å². The molecule has 0 radical (unpaired) electrons. The summed E-state index contributed by atoms with van der Waals surface area (Å²) in [4.78, 5) is 8.57. The van der Waals surface area contributed by atoms with Crippen molar-refractivity contribution in [3.05, 3.63) is 41.8 Å². The van der Waals surface area contributed by atoms with E-state index in [1.54, 1.807) is 11.8 Å². The average Bonchev–Trinajstić information content (AvgIpc) is 2.79. The van der Waals surface area contributed by atoms with Crippen LogP contribution in [0.15, 0.2) is 28.9 Å². The van der Waals surface area contributed by atoms with Gasteiger partial charge in [-0.2, -0.15) is 4.98 Å². The maximum absolute atomic E-state index is 5.12. The number of aryl methyl sites for hydroxylation is 1. The Morgan fingerprint density at radius 3 is 3.00 bits per heavy atom. The lowest BCUT2D eigenvalue weighted by atomic mass is 10.3. The predicted octanol–water partition coefficient (Wildman–Crippen LogP) is 2.85. The van der Waals surface area contributed by atoms with Gasteiger partial charge < -0.3 is 4.52 Å². The molecule has 0 spiro atoms. The van der Waals surface area contributed by atoms with Gasteiger partial charge in [-0.15, -0.1) is 11.8 Å². The van der Waals surface area contributed by atoms with Gasteiger partial charge in [-0.05, 0) is 18.6 Å². The third-order valence-corrected chi connectivity index (χ3v) is 3.14. The van der Waals surface area contributed by atoms with Crippen LogP contribution >= 0.6 is 11.8 Å². The first-order valence-corrected chi connectivity index (χ1v) is 6.83. The van der Waals surface area contributed by atoms with Crippen LogP contribution in [0.1, 0.15) is 30.8 Å². The molecular weight excluding hydrogens is 234 g/mol. The van der Waals surface area contributed by atoms with Gasteiger partial charge in [0.15, 0.2) is 5.82 Å². The molecule has 0 bridgehead atoms. The molecule has 0 aliphatic carbocycles. The van der Waals surface area contributed by atoms with Crippen LogP contribution in [-0.2, 0) is 17.9 Å². The van der Waals surface area contributed by atoms with Gasteiger partial charge in [0.2, 0.25) is 5.89 Å². The standard InChI is InChI=1S/C12H15N3OS/c1-2-5-12-14-11(15-16-12)9-17-8-10-6-3-4-7-13-10/h3-4,6-7H,2,5,8-9H2,1H3. The van der Waals surface area contributed by atoms with Crippen molar-refractivity contribution in [3.8, 4) is 0 Å². The van der Waals surface area contributed by atoms with Crippen molar-refractivity contribution in [3.63, 3.8) is 0 Å². The molecule has 4 nitrogen and oxygen atoms in total. The number of nitrogens with zero attached hydrogens (tertiary/aromatic N) is 3. The monoisotopic (exact) mass is 249 g/mol. The molecule has 0 aliphatic rings. The van der Waals surface area contributed by atoms with Gasteiger partial charge in [0.05, 0.1) is 11.4 Å². The number of hydrogen-bond acceptors (Lipinski definition) is 5. The van der Waals surface area contributed by atoms with Crippen LogP contribution in [0.4, 0.5) is 0 Å². The summed E-state index contributed by atoms with van der Waals surface area (Å²) in [6.07, 6.45) is 3.70. The fourth-order valence-electron chi connectivity index (χ4n) is 1.39. The van der Waals surface area contributed by atoms with Gasteiger partial charge >= 0.3 is 0 Å². The van der Waals surface area contributed by atoms with Crippen molar-refractivity contribution < 1.29 is 4.52 Å². The quantitative estimate of drug-likeness (QED) is 0.788. The van der Waals surface area contributed by atoms with Crippen LogP contribution in [0.2, 0.25) is 0 Å². The van der Waals surface area contributed by atoms with Crippen LogP contribution in [0.5, 0.6) is 0 Å². The summed E-state index contributed by atoms with van der Waals surface area (Å²) in [5, 5.41) is 3.94. The summed E-state index contributed by atoms with van der Waals surface area (Å²) in [5.41, 5.74) is 1.08. The SMILES string of the molecule is CCCc1nc(CSCc2ccccn2)no1. The van der Waals surface area contributed by atoms with Crippen molar-refractivity contribution >= 4 is 11.8 Å². The highest BCUT2D eigenvalue weighted by Crippen LogP contribution is 2.14. The zero-order valence-electron chi connectivity index (χ0n) is 9.80. The summed E-state index contributed by atoms with van der Waals surface area (Å²) in [6, 6.07) is 5.94. The maximum atomic E-state index is 5.12. The van der Waals surface area contributed by atoms with E-state index >= 15 is 0 Å². The van der Waals surface area contributed by atoms with Crippen LogP contribution in [-0.4, -0.2) is 15.1 Å². The molecule has 0 unspecified atom stereocenters. The molecule has 2 heterocycles. The van der Waals surface area contributed by atoms with Crippen molar-refractivity contribution in [2.24, 2.45) is 0 Å². The number of aromatic nitrogens is 3. The number of rotatable bonds is 6. The van der Waals surface area contributed by atoms with E-state index in [4.69, 9.17) is 4.52 Å². The second-order valence-corrected chi connectivity index (χ2v) is 4.65. The zero-order valence-corrected chi connectivity index (χ0v) is 10.6. The molecule has 2 rings (SSSR count). The van der Waals surface area contributed by atoms with Crippen molar-refractivity contribution in [2.75, 3.05) is 0 Å². The first kappa shape index (κ1) is 12.1. The van der Waals surface area contributed by atoms with E-state index in [9.17, 15) is 0 Å². The predicted molar refractivity (Wildman–Crippen MR) is 67.5 cm³/mol. The molecular formula is C12H15N3OS. The molecule has 0 atom stereocenters. The fourth-order valence-corrected chi connectivity index (χ4v) is 2.18. The second kappa shape index (κ2) is 6.39. The topological polar surface area (TPSA) is 51.8 Å².